The highest BCUT2D eigenvalue weighted by Crippen LogP contribution is 2.28. The summed E-state index contributed by atoms with van der Waals surface area (Å²) in [6.45, 7) is 6.73. The van der Waals surface area contributed by atoms with Crippen LogP contribution in [0, 0.1) is 11.8 Å². The van der Waals surface area contributed by atoms with Gasteiger partial charge in [-0.15, -0.1) is 0 Å². The quantitative estimate of drug-likeness (QED) is 0.299. The first-order chi connectivity index (χ1) is 18.0. The molecule has 1 unspecified atom stereocenters. The highest BCUT2D eigenvalue weighted by molar-refractivity contribution is 5.73. The van der Waals surface area contributed by atoms with Crippen LogP contribution < -0.4 is 10.4 Å². The molecule has 0 aliphatic carbocycles. The molecule has 0 fully saturated rings. The first-order valence-electron chi connectivity index (χ1n) is 12.7. The fourth-order valence-electron chi connectivity index (χ4n) is 4.32. The molecule has 1 N–H and O–H groups in total. The summed E-state index contributed by atoms with van der Waals surface area (Å²) in [4.78, 5) is 0. The van der Waals surface area contributed by atoms with Gasteiger partial charge in [0, 0.05) is 11.1 Å². The molecule has 1 aliphatic heterocycles. The summed E-state index contributed by atoms with van der Waals surface area (Å²) in [6, 6.07) is 37.9. The molecule has 182 valence electrons. The van der Waals surface area contributed by atoms with E-state index in [-0.39, 0.29) is 11.5 Å². The third-order valence-corrected chi connectivity index (χ3v) is 6.49. The lowest BCUT2D eigenvalue weighted by atomic mass is 9.87. The van der Waals surface area contributed by atoms with Gasteiger partial charge in [-0.1, -0.05) is 118 Å². The molecule has 37 heavy (non-hydrogen) atoms. The van der Waals surface area contributed by atoms with Crippen LogP contribution in [0.4, 0.5) is 5.69 Å². The highest BCUT2D eigenvalue weighted by atomic mass is 15.5. The Balaban J connectivity index is 1.38. The summed E-state index contributed by atoms with van der Waals surface area (Å²) < 4.78 is 0. The molecule has 0 radical (unpaired) electrons. The van der Waals surface area contributed by atoms with Crippen molar-refractivity contribution in [3.05, 3.63) is 149 Å². The Morgan fingerprint density at radius 1 is 0.703 bits per heavy atom. The van der Waals surface area contributed by atoms with Gasteiger partial charge in [0.15, 0.2) is 0 Å². The van der Waals surface area contributed by atoms with Crippen molar-refractivity contribution >= 4 is 17.5 Å². The third-order valence-electron chi connectivity index (χ3n) is 6.49. The van der Waals surface area contributed by atoms with Crippen LogP contribution in [0.5, 0.6) is 0 Å². The molecule has 0 aromatic heterocycles. The van der Waals surface area contributed by atoms with Crippen molar-refractivity contribution < 1.29 is 0 Å². The Morgan fingerprint density at radius 2 is 1.30 bits per heavy atom. The zero-order valence-electron chi connectivity index (χ0n) is 21.6. The Bertz CT molecular complexity index is 1440. The van der Waals surface area contributed by atoms with Gasteiger partial charge >= 0.3 is 0 Å². The first-order valence-corrected chi connectivity index (χ1v) is 12.7. The second kappa shape index (κ2) is 10.6. The lowest BCUT2D eigenvalue weighted by Crippen LogP contribution is -2.37. The number of hydrogen-bond donors (Lipinski definition) is 1. The molecule has 0 saturated heterocycles. The third kappa shape index (κ3) is 6.02. The lowest BCUT2D eigenvalue weighted by molar-refractivity contribution is 0.590. The number of nitrogens with zero attached hydrogens (tertiary/aromatic N) is 1. The Labute approximate surface area is 221 Å². The van der Waals surface area contributed by atoms with Gasteiger partial charge in [0.05, 0.1) is 17.4 Å². The number of para-hydroxylation sites is 1. The molecule has 2 nitrogen and oxygen atoms in total. The van der Waals surface area contributed by atoms with Gasteiger partial charge in [-0.05, 0) is 64.6 Å². The monoisotopic (exact) mass is 480 g/mol. The van der Waals surface area contributed by atoms with Crippen molar-refractivity contribution in [2.45, 2.75) is 32.2 Å². The van der Waals surface area contributed by atoms with E-state index in [2.05, 4.69) is 134 Å². The minimum Gasteiger partial charge on any atom is -0.297 e. The molecule has 1 heterocycles. The molecule has 1 atom stereocenters. The summed E-state index contributed by atoms with van der Waals surface area (Å²) in [5.74, 6) is 6.49. The maximum Gasteiger partial charge on any atom is 0.0892 e. The summed E-state index contributed by atoms with van der Waals surface area (Å²) in [6.07, 6.45) is 6.73. The van der Waals surface area contributed by atoms with E-state index in [0.717, 1.165) is 28.1 Å². The maximum absolute atomic E-state index is 3.62. The number of benzene rings is 4. The normalized spacial score (nSPS) is 15.2. The van der Waals surface area contributed by atoms with Gasteiger partial charge in [0.1, 0.15) is 0 Å². The number of hydrogen-bond acceptors (Lipinski definition) is 2. The van der Waals surface area contributed by atoms with Crippen molar-refractivity contribution in [1.29, 1.82) is 0 Å². The second-order valence-corrected chi connectivity index (χ2v) is 10.3. The predicted octanol–water partition coefficient (Wildman–Crippen LogP) is 7.83. The van der Waals surface area contributed by atoms with Gasteiger partial charge in [0.2, 0.25) is 0 Å². The van der Waals surface area contributed by atoms with Crippen molar-refractivity contribution in [1.82, 2.24) is 5.43 Å². The molecule has 0 spiro atoms. The van der Waals surface area contributed by atoms with Gasteiger partial charge in [-0.2, -0.15) is 0 Å². The average molecular weight is 481 g/mol. The van der Waals surface area contributed by atoms with Crippen LogP contribution in [0.25, 0.3) is 11.8 Å². The van der Waals surface area contributed by atoms with Gasteiger partial charge < -0.3 is 0 Å². The molecule has 5 rings (SSSR count). The summed E-state index contributed by atoms with van der Waals surface area (Å²) in [5, 5.41) is 2.21. The second-order valence-electron chi connectivity index (χ2n) is 10.3. The highest BCUT2D eigenvalue weighted by Gasteiger charge is 2.23. The van der Waals surface area contributed by atoms with E-state index in [1.807, 2.05) is 36.4 Å². The van der Waals surface area contributed by atoms with Crippen LogP contribution in [0.2, 0.25) is 0 Å². The number of anilines is 1. The van der Waals surface area contributed by atoms with E-state index in [0.29, 0.717) is 0 Å². The van der Waals surface area contributed by atoms with E-state index < -0.39 is 0 Å². The zero-order chi connectivity index (χ0) is 25.7. The van der Waals surface area contributed by atoms with E-state index in [1.165, 1.54) is 11.1 Å². The van der Waals surface area contributed by atoms with E-state index >= 15 is 0 Å². The number of rotatable bonds is 4. The van der Waals surface area contributed by atoms with Gasteiger partial charge in [-0.25, -0.2) is 0 Å². The largest absolute Gasteiger partial charge is 0.297 e. The molecule has 4 aromatic carbocycles. The van der Waals surface area contributed by atoms with Gasteiger partial charge in [-0.3, -0.25) is 10.4 Å². The van der Waals surface area contributed by atoms with Crippen molar-refractivity contribution in [2.24, 2.45) is 0 Å². The summed E-state index contributed by atoms with van der Waals surface area (Å²) in [7, 11) is 0. The Kier molecular flexibility index (Phi) is 6.97. The minimum absolute atomic E-state index is 0.0808. The molecule has 4 aromatic rings. The van der Waals surface area contributed by atoms with E-state index in [9.17, 15) is 0 Å². The average Bonchev–Trinajstić information content (AvgIpc) is 3.36. The standard InChI is InChI=1S/C35H32N2/c1-35(2,3)31-23-18-29(19-24-31)20-25-33-26-34(36-37(33)32-12-8-5-9-13-32)30-21-16-28(17-22-30)15-14-27-10-6-4-7-11-27/h4-13,16-26,33,36H,1-3H3. The van der Waals surface area contributed by atoms with Crippen molar-refractivity contribution in [3.8, 4) is 11.8 Å². The predicted molar refractivity (Wildman–Crippen MR) is 157 cm³/mol. The maximum atomic E-state index is 3.62. The van der Waals surface area contributed by atoms with Crippen LogP contribution in [0.15, 0.2) is 121 Å². The Hall–Kier alpha value is -4.48. The Morgan fingerprint density at radius 3 is 1.92 bits per heavy atom. The molecule has 0 amide bonds. The fraction of sp³-hybridized carbons (Fsp3) is 0.143. The number of hydrazine groups is 1. The topological polar surface area (TPSA) is 15.3 Å². The van der Waals surface area contributed by atoms with Gasteiger partial charge in [0.25, 0.3) is 0 Å². The van der Waals surface area contributed by atoms with Crippen molar-refractivity contribution in [3.63, 3.8) is 0 Å². The van der Waals surface area contributed by atoms with E-state index in [4.69, 9.17) is 0 Å². The van der Waals surface area contributed by atoms with Crippen LogP contribution in [-0.2, 0) is 5.41 Å². The minimum atomic E-state index is 0.0808. The summed E-state index contributed by atoms with van der Waals surface area (Å²) in [5.41, 5.74) is 11.7. The van der Waals surface area contributed by atoms with E-state index in [1.54, 1.807) is 0 Å². The summed E-state index contributed by atoms with van der Waals surface area (Å²) >= 11 is 0. The fourth-order valence-corrected chi connectivity index (χ4v) is 4.32. The number of nitrogens with one attached hydrogen (secondary N) is 1. The molecule has 2 heteroatoms. The van der Waals surface area contributed by atoms with Crippen molar-refractivity contribution in [2.75, 3.05) is 5.01 Å². The van der Waals surface area contributed by atoms with Crippen LogP contribution in [0.1, 0.15) is 48.6 Å². The molecular weight excluding hydrogens is 448 g/mol. The smallest absolute Gasteiger partial charge is 0.0892 e. The molecule has 1 aliphatic rings. The first kappa shape index (κ1) is 24.2. The zero-order valence-corrected chi connectivity index (χ0v) is 21.6. The van der Waals surface area contributed by atoms with Crippen LogP contribution in [0.3, 0.4) is 0 Å². The molecule has 0 bridgehead atoms. The van der Waals surface area contributed by atoms with Crippen LogP contribution >= 0.6 is 0 Å². The molecule has 0 saturated carbocycles. The lowest BCUT2D eigenvalue weighted by Gasteiger charge is -2.25. The van der Waals surface area contributed by atoms with Crippen LogP contribution in [-0.4, -0.2) is 6.04 Å². The SMILES string of the molecule is CC(C)(C)c1ccc(C=CC2C=C(c3ccc(C#Cc4ccccc4)cc3)NN2c2ccccc2)cc1. The molecular formula is C35H32N2.